The Kier molecular flexibility index (Phi) is 3.62. The van der Waals surface area contributed by atoms with Crippen molar-refractivity contribution in [3.63, 3.8) is 0 Å². The van der Waals surface area contributed by atoms with Crippen LogP contribution in [0.3, 0.4) is 0 Å². The summed E-state index contributed by atoms with van der Waals surface area (Å²) in [6, 6.07) is 7.27. The normalized spacial score (nSPS) is 17.7. The van der Waals surface area contributed by atoms with Crippen molar-refractivity contribution < 1.29 is 9.50 Å². The van der Waals surface area contributed by atoms with E-state index in [1.54, 1.807) is 12.1 Å². The molecule has 0 aromatic heterocycles. The van der Waals surface area contributed by atoms with E-state index < -0.39 is 0 Å². The largest absolute Gasteiger partial charge is 0.508 e. The summed E-state index contributed by atoms with van der Waals surface area (Å²) < 4.78 is 12.2. The van der Waals surface area contributed by atoms with Crippen LogP contribution in [0.2, 0.25) is 0 Å². The molecule has 3 nitrogen and oxygen atoms in total. The number of rotatable bonds is 3. The number of aromatic hydroxyl groups is 1. The highest BCUT2D eigenvalue weighted by molar-refractivity contribution is 5.50. The smallest absolute Gasteiger partial charge is 0.117 e. The van der Waals surface area contributed by atoms with Gasteiger partial charge >= 0.3 is 0 Å². The van der Waals surface area contributed by atoms with Gasteiger partial charge in [0.1, 0.15) is 12.4 Å². The van der Waals surface area contributed by atoms with Crippen LogP contribution in [-0.2, 0) is 0 Å². The summed E-state index contributed by atoms with van der Waals surface area (Å²) in [4.78, 5) is 4.34. The zero-order valence-electron chi connectivity index (χ0n) is 9.27. The molecule has 0 spiro atoms. The maximum Gasteiger partial charge on any atom is 0.117 e. The van der Waals surface area contributed by atoms with Crippen molar-refractivity contribution in [1.82, 2.24) is 4.90 Å². The minimum atomic E-state index is -0.272. The van der Waals surface area contributed by atoms with Gasteiger partial charge in [-0.1, -0.05) is 6.07 Å². The van der Waals surface area contributed by atoms with Crippen molar-refractivity contribution >= 4 is 5.69 Å². The summed E-state index contributed by atoms with van der Waals surface area (Å²) in [5.74, 6) is 0.295. The summed E-state index contributed by atoms with van der Waals surface area (Å²) in [6.45, 7) is 3.83. The van der Waals surface area contributed by atoms with Crippen molar-refractivity contribution in [2.75, 3.05) is 44.3 Å². The first-order valence-electron chi connectivity index (χ1n) is 5.62. The van der Waals surface area contributed by atoms with Crippen LogP contribution in [0, 0.1) is 0 Å². The van der Waals surface area contributed by atoms with Gasteiger partial charge in [0.25, 0.3) is 0 Å². The molecule has 16 heavy (non-hydrogen) atoms. The first kappa shape index (κ1) is 11.2. The zero-order chi connectivity index (χ0) is 11.4. The lowest BCUT2D eigenvalue weighted by atomic mass is 10.2. The molecule has 4 heteroatoms. The average Bonchev–Trinajstić information content (AvgIpc) is 2.30. The third kappa shape index (κ3) is 2.64. The Morgan fingerprint density at radius 1 is 1.19 bits per heavy atom. The second-order valence-electron chi connectivity index (χ2n) is 4.04. The van der Waals surface area contributed by atoms with Crippen LogP contribution in [0.1, 0.15) is 0 Å². The van der Waals surface area contributed by atoms with Crippen LogP contribution < -0.4 is 4.90 Å². The molecule has 1 aliphatic rings. The molecule has 0 unspecified atom stereocenters. The summed E-state index contributed by atoms with van der Waals surface area (Å²) in [5, 5.41) is 9.39. The van der Waals surface area contributed by atoms with Crippen LogP contribution in [-0.4, -0.2) is 49.4 Å². The van der Waals surface area contributed by atoms with Gasteiger partial charge in [0.15, 0.2) is 0 Å². The summed E-state index contributed by atoms with van der Waals surface area (Å²) in [5.41, 5.74) is 1.04. The minimum absolute atomic E-state index is 0.272. The molecule has 0 aliphatic carbocycles. The van der Waals surface area contributed by atoms with Crippen molar-refractivity contribution in [1.29, 1.82) is 0 Å². The van der Waals surface area contributed by atoms with E-state index in [4.69, 9.17) is 0 Å². The molecule has 0 radical (unpaired) electrons. The molecular weight excluding hydrogens is 207 g/mol. The molecule has 88 valence electrons. The van der Waals surface area contributed by atoms with E-state index in [9.17, 15) is 9.50 Å². The number of nitrogens with zero attached hydrogens (tertiary/aromatic N) is 2. The van der Waals surface area contributed by atoms with Crippen LogP contribution in [0.4, 0.5) is 10.1 Å². The first-order chi connectivity index (χ1) is 7.79. The van der Waals surface area contributed by atoms with Crippen molar-refractivity contribution in [2.24, 2.45) is 0 Å². The summed E-state index contributed by atoms with van der Waals surface area (Å²) >= 11 is 0. The van der Waals surface area contributed by atoms with E-state index in [0.29, 0.717) is 12.3 Å². The second kappa shape index (κ2) is 5.16. The molecule has 0 bridgehead atoms. The van der Waals surface area contributed by atoms with Crippen LogP contribution in [0.25, 0.3) is 0 Å². The van der Waals surface area contributed by atoms with Crippen molar-refractivity contribution in [3.8, 4) is 5.75 Å². The fraction of sp³-hybridized carbons (Fsp3) is 0.500. The number of hydrogen-bond donors (Lipinski definition) is 1. The SMILES string of the molecule is Oc1cccc(N2CCN(CCF)CC2)c1. The maximum atomic E-state index is 12.2. The van der Waals surface area contributed by atoms with Gasteiger partial charge in [-0.2, -0.15) is 0 Å². The minimum Gasteiger partial charge on any atom is -0.508 e. The van der Waals surface area contributed by atoms with Crippen LogP contribution in [0.15, 0.2) is 24.3 Å². The van der Waals surface area contributed by atoms with Gasteiger partial charge in [0.2, 0.25) is 0 Å². The average molecular weight is 224 g/mol. The monoisotopic (exact) mass is 224 g/mol. The zero-order valence-corrected chi connectivity index (χ0v) is 9.27. The molecular formula is C12H17FN2O. The molecule has 1 N–H and O–H groups in total. The quantitative estimate of drug-likeness (QED) is 0.842. The van der Waals surface area contributed by atoms with Gasteiger partial charge < -0.3 is 10.0 Å². The molecule has 1 fully saturated rings. The Bertz CT molecular complexity index is 338. The fourth-order valence-corrected chi connectivity index (χ4v) is 2.04. The van der Waals surface area contributed by atoms with E-state index in [1.807, 2.05) is 12.1 Å². The van der Waals surface area contributed by atoms with Crippen LogP contribution >= 0.6 is 0 Å². The highest BCUT2D eigenvalue weighted by Crippen LogP contribution is 2.21. The van der Waals surface area contributed by atoms with Crippen molar-refractivity contribution in [3.05, 3.63) is 24.3 Å². The molecule has 2 rings (SSSR count). The van der Waals surface area contributed by atoms with Gasteiger partial charge in [-0.05, 0) is 12.1 Å². The van der Waals surface area contributed by atoms with E-state index >= 15 is 0 Å². The Morgan fingerprint density at radius 3 is 2.56 bits per heavy atom. The van der Waals surface area contributed by atoms with Gasteiger partial charge in [0.05, 0.1) is 0 Å². The molecule has 0 amide bonds. The number of anilines is 1. The van der Waals surface area contributed by atoms with E-state index in [-0.39, 0.29) is 6.67 Å². The summed E-state index contributed by atoms with van der Waals surface area (Å²) in [7, 11) is 0. The van der Waals surface area contributed by atoms with Gasteiger partial charge in [0, 0.05) is 44.5 Å². The predicted molar refractivity (Wildman–Crippen MR) is 62.7 cm³/mol. The van der Waals surface area contributed by atoms with E-state index in [1.165, 1.54) is 0 Å². The number of piperazine rings is 1. The molecule has 1 heterocycles. The lowest BCUT2D eigenvalue weighted by Crippen LogP contribution is -2.47. The summed E-state index contributed by atoms with van der Waals surface area (Å²) in [6.07, 6.45) is 0. The maximum absolute atomic E-state index is 12.2. The predicted octanol–water partition coefficient (Wildman–Crippen LogP) is 1.48. The Hall–Kier alpha value is -1.29. The molecule has 1 aromatic carbocycles. The topological polar surface area (TPSA) is 26.7 Å². The number of alkyl halides is 1. The number of hydrogen-bond acceptors (Lipinski definition) is 3. The second-order valence-corrected chi connectivity index (χ2v) is 4.04. The third-order valence-corrected chi connectivity index (χ3v) is 2.97. The Balaban J connectivity index is 1.94. The van der Waals surface area contributed by atoms with Gasteiger partial charge in [-0.15, -0.1) is 0 Å². The first-order valence-corrected chi connectivity index (χ1v) is 5.62. The number of phenolic OH excluding ortho intramolecular Hbond substituents is 1. The highest BCUT2D eigenvalue weighted by atomic mass is 19.1. The standard InChI is InChI=1S/C12H17FN2O/c13-4-5-14-6-8-15(9-7-14)11-2-1-3-12(16)10-11/h1-3,10,16H,4-9H2. The van der Waals surface area contributed by atoms with Crippen LogP contribution in [0.5, 0.6) is 5.75 Å². The Morgan fingerprint density at radius 2 is 1.94 bits per heavy atom. The lowest BCUT2D eigenvalue weighted by Gasteiger charge is -2.35. The third-order valence-electron chi connectivity index (χ3n) is 2.97. The van der Waals surface area contributed by atoms with Gasteiger partial charge in [-0.3, -0.25) is 4.90 Å². The fourth-order valence-electron chi connectivity index (χ4n) is 2.04. The molecule has 1 saturated heterocycles. The Labute approximate surface area is 95.1 Å². The highest BCUT2D eigenvalue weighted by Gasteiger charge is 2.16. The molecule has 0 saturated carbocycles. The van der Waals surface area contributed by atoms with Crippen molar-refractivity contribution in [2.45, 2.75) is 0 Å². The van der Waals surface area contributed by atoms with Gasteiger partial charge in [-0.25, -0.2) is 4.39 Å². The lowest BCUT2D eigenvalue weighted by molar-refractivity contribution is 0.235. The number of phenols is 1. The molecule has 0 atom stereocenters. The molecule has 1 aliphatic heterocycles. The molecule has 1 aromatic rings. The van der Waals surface area contributed by atoms with E-state index in [2.05, 4.69) is 9.80 Å². The number of benzene rings is 1. The van der Waals surface area contributed by atoms with E-state index in [0.717, 1.165) is 31.9 Å². The number of halogens is 1.